The van der Waals surface area contributed by atoms with Crippen LogP contribution in [0.2, 0.25) is 0 Å². The first kappa shape index (κ1) is 26.0. The summed E-state index contributed by atoms with van der Waals surface area (Å²) in [6.07, 6.45) is 9.92. The molecule has 0 spiro atoms. The van der Waals surface area contributed by atoms with E-state index < -0.39 is 12.1 Å². The quantitative estimate of drug-likeness (QED) is 0.260. The fraction of sp³-hybridized carbons (Fsp3) is 0.522. The van der Waals surface area contributed by atoms with Crippen LogP contribution in [0.4, 0.5) is 4.79 Å². The highest BCUT2D eigenvalue weighted by atomic mass is 16.6. The van der Waals surface area contributed by atoms with Crippen LogP contribution in [-0.2, 0) is 9.53 Å². The molecule has 0 aromatic carbocycles. The molecule has 1 aromatic rings. The number of pyridine rings is 1. The summed E-state index contributed by atoms with van der Waals surface area (Å²) in [6, 6.07) is 3.04. The maximum atomic E-state index is 12.1. The van der Waals surface area contributed by atoms with Crippen molar-refractivity contribution in [2.75, 3.05) is 27.2 Å². The Balaban J connectivity index is 0.000000357. The van der Waals surface area contributed by atoms with E-state index in [0.29, 0.717) is 23.9 Å². The van der Waals surface area contributed by atoms with Crippen LogP contribution in [0.25, 0.3) is 5.70 Å². The average molecular weight is 462 g/mol. The molecule has 0 radical (unpaired) electrons. The Morgan fingerprint density at radius 2 is 1.97 bits per heavy atom. The van der Waals surface area contributed by atoms with Gasteiger partial charge in [-0.1, -0.05) is 18.1 Å². The lowest BCUT2D eigenvalue weighted by Crippen LogP contribution is -2.37. The van der Waals surface area contributed by atoms with Crippen LogP contribution in [0.5, 0.6) is 5.75 Å². The number of aromatic nitrogens is 1. The fourth-order valence-electron chi connectivity index (χ4n) is 3.53. The molecule has 1 saturated carbocycles. The summed E-state index contributed by atoms with van der Waals surface area (Å²) in [4.78, 5) is 27.8. The lowest BCUT2D eigenvalue weighted by Gasteiger charge is -2.30. The van der Waals surface area contributed by atoms with Gasteiger partial charge in [-0.3, -0.25) is 9.78 Å². The second-order valence-corrected chi connectivity index (χ2v) is 8.43. The summed E-state index contributed by atoms with van der Waals surface area (Å²) in [6.45, 7) is 0.639. The van der Waals surface area contributed by atoms with Crippen molar-refractivity contribution in [3.8, 4) is 5.75 Å². The Labute approximate surface area is 194 Å². The summed E-state index contributed by atoms with van der Waals surface area (Å²) >= 11 is 0. The number of carbonyl (C=O) groups excluding carboxylic acids is 1. The molecule has 1 amide bonds. The molecule has 6 N–H and O–H groups in total. The van der Waals surface area contributed by atoms with Crippen molar-refractivity contribution in [3.05, 3.63) is 41.4 Å². The lowest BCUT2D eigenvalue weighted by molar-refractivity contribution is -0.136. The number of aliphatic carboxylic acids is 1. The van der Waals surface area contributed by atoms with Gasteiger partial charge in [-0.25, -0.2) is 10.6 Å². The summed E-state index contributed by atoms with van der Waals surface area (Å²) in [5.41, 5.74) is 8.33. The van der Waals surface area contributed by atoms with Crippen LogP contribution in [0.15, 0.2) is 35.7 Å². The molecule has 1 aromatic heterocycles. The maximum Gasteiger partial charge on any atom is 0.409 e. The van der Waals surface area contributed by atoms with Crippen molar-refractivity contribution in [2.24, 2.45) is 17.5 Å². The van der Waals surface area contributed by atoms with E-state index in [9.17, 15) is 14.7 Å². The zero-order valence-electron chi connectivity index (χ0n) is 19.4. The second-order valence-electron chi connectivity index (χ2n) is 8.43. The zero-order valence-corrected chi connectivity index (χ0v) is 19.4. The summed E-state index contributed by atoms with van der Waals surface area (Å²) in [5, 5.41) is 18.9. The zero-order chi connectivity index (χ0) is 24.4. The van der Waals surface area contributed by atoms with Crippen molar-refractivity contribution in [1.29, 1.82) is 0 Å². The van der Waals surface area contributed by atoms with Gasteiger partial charge in [0, 0.05) is 20.6 Å². The molecule has 1 heterocycles. The van der Waals surface area contributed by atoms with Gasteiger partial charge in [-0.15, -0.1) is 0 Å². The van der Waals surface area contributed by atoms with Crippen molar-refractivity contribution in [3.63, 3.8) is 0 Å². The third kappa shape index (κ3) is 8.64. The van der Waals surface area contributed by atoms with Gasteiger partial charge < -0.3 is 30.6 Å². The van der Waals surface area contributed by atoms with Gasteiger partial charge in [0.05, 0.1) is 29.7 Å². The predicted molar refractivity (Wildman–Crippen MR) is 124 cm³/mol. The van der Waals surface area contributed by atoms with Gasteiger partial charge in [-0.05, 0) is 50.2 Å². The normalized spacial score (nSPS) is 15.9. The Bertz CT molecular complexity index is 862. The molecule has 2 aliphatic carbocycles. The number of rotatable bonds is 8. The predicted octanol–water partition coefficient (Wildman–Crippen LogP) is 2.66. The number of allylic oxidation sites excluding steroid dienone is 1. The Hall–Kier alpha value is -3.27. The van der Waals surface area contributed by atoms with E-state index in [2.05, 4.69) is 4.98 Å². The van der Waals surface area contributed by atoms with Crippen molar-refractivity contribution < 1.29 is 24.5 Å². The summed E-state index contributed by atoms with van der Waals surface area (Å²) in [5.74, 6) is 5.70. The average Bonchev–Trinajstić information content (AvgIpc) is 3.23. The number of hydrogen-bond acceptors (Lipinski definition) is 8. The topological polar surface area (TPSA) is 155 Å². The first-order chi connectivity index (χ1) is 15.7. The molecule has 0 bridgehead atoms. The maximum absolute atomic E-state index is 12.1. The highest BCUT2D eigenvalue weighted by Crippen LogP contribution is 2.27. The number of likely N-dealkylation sites (N-methyl/N-ethyl adjacent to an activating group) is 1. The molecule has 0 aliphatic heterocycles. The van der Waals surface area contributed by atoms with E-state index in [1.807, 2.05) is 6.08 Å². The molecule has 0 atom stereocenters. The lowest BCUT2D eigenvalue weighted by atomic mass is 9.85. The van der Waals surface area contributed by atoms with Gasteiger partial charge in [0.1, 0.15) is 12.4 Å². The van der Waals surface area contributed by atoms with Gasteiger partial charge in [0.2, 0.25) is 0 Å². The minimum absolute atomic E-state index is 0.0400. The van der Waals surface area contributed by atoms with Crippen LogP contribution < -0.4 is 11.6 Å². The van der Waals surface area contributed by atoms with Crippen LogP contribution in [-0.4, -0.2) is 64.4 Å². The second kappa shape index (κ2) is 12.7. The van der Waals surface area contributed by atoms with Gasteiger partial charge in [-0.2, -0.15) is 0 Å². The number of aromatic hydroxyl groups is 1. The number of hydrazine groups is 1. The molecule has 10 nitrogen and oxygen atoms in total. The van der Waals surface area contributed by atoms with E-state index in [1.165, 1.54) is 23.7 Å². The molecule has 3 rings (SSSR count). The first-order valence-corrected chi connectivity index (χ1v) is 11.1. The standard InChI is InChI=1S/C16H25N5O3.C7H10O2/c1-20(9-11-4-3-5-11)16(23)24-10-14(21(2)18)15(17)13-7-6-12(22)8-19-13;8-7(9)5-6-3-1-2-4-6/h6-8,11,22H,3-5,9-10,17-18H2,1-2H3;3H,1-2,4-5H2,(H,8,9)/b15-14-;. The molecular weight excluding hydrogens is 426 g/mol. The van der Waals surface area contributed by atoms with Crippen LogP contribution in [0, 0.1) is 5.92 Å². The Kier molecular flexibility index (Phi) is 9.99. The number of hydrogen-bond donors (Lipinski definition) is 4. The largest absolute Gasteiger partial charge is 0.506 e. The van der Waals surface area contributed by atoms with Crippen molar-refractivity contribution in [2.45, 2.75) is 44.9 Å². The minimum Gasteiger partial charge on any atom is -0.506 e. The van der Waals surface area contributed by atoms with E-state index in [1.54, 1.807) is 25.1 Å². The van der Waals surface area contributed by atoms with Crippen LogP contribution >= 0.6 is 0 Å². The molecule has 10 heteroatoms. The van der Waals surface area contributed by atoms with E-state index >= 15 is 0 Å². The molecule has 2 aliphatic rings. The monoisotopic (exact) mass is 461 g/mol. The molecule has 0 unspecified atom stereocenters. The van der Waals surface area contributed by atoms with Gasteiger partial charge in [0.25, 0.3) is 0 Å². The number of carboxylic acid groups (broad SMARTS) is 1. The molecule has 0 saturated heterocycles. The number of nitrogens with zero attached hydrogens (tertiary/aromatic N) is 3. The molecule has 33 heavy (non-hydrogen) atoms. The number of nitrogens with two attached hydrogens (primary N) is 2. The third-order valence-corrected chi connectivity index (χ3v) is 5.67. The number of ether oxygens (including phenoxy) is 1. The number of carbonyl (C=O) groups is 2. The minimum atomic E-state index is -0.705. The van der Waals surface area contributed by atoms with Crippen molar-refractivity contribution in [1.82, 2.24) is 14.9 Å². The molecular formula is C23H35N5O5. The number of carboxylic acids is 1. The SMILES string of the molecule is CN(CC1CCC1)C(=O)OC/C(=C(/N)c1ccc(O)cn1)N(C)N.O=C(O)CC1=CCCC1. The fourth-order valence-corrected chi connectivity index (χ4v) is 3.53. The van der Waals surface area contributed by atoms with Crippen LogP contribution in [0.3, 0.4) is 0 Å². The van der Waals surface area contributed by atoms with Gasteiger partial charge >= 0.3 is 12.1 Å². The summed E-state index contributed by atoms with van der Waals surface area (Å²) < 4.78 is 5.31. The highest BCUT2D eigenvalue weighted by molar-refractivity contribution is 5.70. The highest BCUT2D eigenvalue weighted by Gasteiger charge is 2.22. The molecule has 182 valence electrons. The van der Waals surface area contributed by atoms with E-state index in [0.717, 1.165) is 37.7 Å². The third-order valence-electron chi connectivity index (χ3n) is 5.67. The smallest absolute Gasteiger partial charge is 0.409 e. The number of amides is 1. The Morgan fingerprint density at radius 3 is 2.45 bits per heavy atom. The van der Waals surface area contributed by atoms with E-state index in [4.69, 9.17) is 21.4 Å². The Morgan fingerprint density at radius 1 is 1.24 bits per heavy atom. The van der Waals surface area contributed by atoms with Crippen molar-refractivity contribution >= 4 is 17.8 Å². The van der Waals surface area contributed by atoms with Gasteiger partial charge in [0.15, 0.2) is 0 Å². The molecule has 1 fully saturated rings. The van der Waals surface area contributed by atoms with E-state index in [-0.39, 0.29) is 24.5 Å². The first-order valence-electron chi connectivity index (χ1n) is 11.1. The van der Waals surface area contributed by atoms with Crippen LogP contribution in [0.1, 0.15) is 50.6 Å². The summed E-state index contributed by atoms with van der Waals surface area (Å²) in [7, 11) is 3.33.